The molecule has 0 saturated heterocycles. The highest BCUT2D eigenvalue weighted by atomic mass is 35.5. The third-order valence-electron chi connectivity index (χ3n) is 3.20. The van der Waals surface area contributed by atoms with Gasteiger partial charge in [-0.3, -0.25) is 0 Å². The Hall–Kier alpha value is -1.78. The van der Waals surface area contributed by atoms with E-state index in [1.54, 1.807) is 12.1 Å². The number of nitrogens with two attached hydrogens (primary N) is 1. The molecule has 21 heavy (non-hydrogen) atoms. The lowest BCUT2D eigenvalue weighted by Crippen LogP contribution is -2.21. The first-order valence-corrected chi connectivity index (χ1v) is 7.41. The van der Waals surface area contributed by atoms with Crippen LogP contribution in [0, 0.1) is 0 Å². The Morgan fingerprint density at radius 3 is 2.71 bits per heavy atom. The fourth-order valence-electron chi connectivity index (χ4n) is 2.12. The molecule has 0 radical (unpaired) electrons. The van der Waals surface area contributed by atoms with Crippen molar-refractivity contribution in [3.05, 3.63) is 53.2 Å². The first kappa shape index (κ1) is 15.6. The van der Waals surface area contributed by atoms with Gasteiger partial charge < -0.3 is 16.0 Å². The maximum absolute atomic E-state index is 5.86. The van der Waals surface area contributed by atoms with Gasteiger partial charge in [-0.1, -0.05) is 41.9 Å². The van der Waals surface area contributed by atoms with Crippen LogP contribution in [0.25, 0.3) is 0 Å². The summed E-state index contributed by atoms with van der Waals surface area (Å²) in [6, 6.07) is 13.9. The van der Waals surface area contributed by atoms with Crippen molar-refractivity contribution in [1.82, 2.24) is 9.88 Å². The van der Waals surface area contributed by atoms with Crippen LogP contribution in [-0.4, -0.2) is 30.0 Å². The molecule has 3 N–H and O–H groups in total. The smallest absolute Gasteiger partial charge is 0.150 e. The van der Waals surface area contributed by atoms with Gasteiger partial charge in [-0.25, -0.2) is 4.98 Å². The number of hydrogen-bond acceptors (Lipinski definition) is 4. The highest BCUT2D eigenvalue weighted by molar-refractivity contribution is 6.29. The Morgan fingerprint density at radius 1 is 1.19 bits per heavy atom. The van der Waals surface area contributed by atoms with Gasteiger partial charge >= 0.3 is 0 Å². The maximum Gasteiger partial charge on any atom is 0.150 e. The number of benzene rings is 1. The zero-order valence-corrected chi connectivity index (χ0v) is 13.0. The summed E-state index contributed by atoms with van der Waals surface area (Å²) in [6.07, 6.45) is 1.01. The standard InChI is InChI=1S/C16H21ClN4/c1-21(12-13-6-3-2-4-7-13)11-5-10-19-16-14(18)8-9-15(17)20-16/h2-4,6-9H,5,10-12,18H2,1H3,(H,19,20). The van der Waals surface area contributed by atoms with Gasteiger partial charge in [-0.15, -0.1) is 0 Å². The molecule has 112 valence electrons. The van der Waals surface area contributed by atoms with Gasteiger partial charge in [0.15, 0.2) is 5.82 Å². The molecule has 0 spiro atoms. The lowest BCUT2D eigenvalue weighted by Gasteiger charge is -2.17. The lowest BCUT2D eigenvalue weighted by atomic mass is 10.2. The monoisotopic (exact) mass is 304 g/mol. The Morgan fingerprint density at radius 2 is 1.95 bits per heavy atom. The van der Waals surface area contributed by atoms with Gasteiger partial charge in [0.25, 0.3) is 0 Å². The van der Waals surface area contributed by atoms with Gasteiger partial charge in [-0.2, -0.15) is 0 Å². The van der Waals surface area contributed by atoms with E-state index in [1.165, 1.54) is 5.56 Å². The van der Waals surface area contributed by atoms with E-state index in [2.05, 4.69) is 46.5 Å². The molecule has 0 unspecified atom stereocenters. The van der Waals surface area contributed by atoms with Crippen molar-refractivity contribution in [2.75, 3.05) is 31.2 Å². The fraction of sp³-hybridized carbons (Fsp3) is 0.312. The number of nitrogens with zero attached hydrogens (tertiary/aromatic N) is 2. The molecule has 1 aromatic heterocycles. The van der Waals surface area contributed by atoms with Crippen LogP contribution in [0.15, 0.2) is 42.5 Å². The zero-order chi connectivity index (χ0) is 15.1. The molecule has 4 nitrogen and oxygen atoms in total. The molecule has 0 bridgehead atoms. The van der Waals surface area contributed by atoms with E-state index in [4.69, 9.17) is 17.3 Å². The molecule has 1 heterocycles. The van der Waals surface area contributed by atoms with Crippen molar-refractivity contribution in [2.45, 2.75) is 13.0 Å². The number of nitrogen functional groups attached to an aromatic ring is 1. The van der Waals surface area contributed by atoms with E-state index in [0.717, 1.165) is 26.1 Å². The predicted molar refractivity (Wildman–Crippen MR) is 89.5 cm³/mol. The summed E-state index contributed by atoms with van der Waals surface area (Å²) in [5.41, 5.74) is 7.79. The summed E-state index contributed by atoms with van der Waals surface area (Å²) in [5, 5.41) is 3.68. The molecule has 0 saturated carbocycles. The topological polar surface area (TPSA) is 54.2 Å². The lowest BCUT2D eigenvalue weighted by molar-refractivity contribution is 0.325. The minimum Gasteiger partial charge on any atom is -0.396 e. The number of halogens is 1. The zero-order valence-electron chi connectivity index (χ0n) is 12.2. The molecule has 0 aliphatic heterocycles. The average Bonchev–Trinajstić information content (AvgIpc) is 2.48. The Kier molecular flexibility index (Phi) is 5.84. The summed E-state index contributed by atoms with van der Waals surface area (Å²) in [5.74, 6) is 0.660. The largest absolute Gasteiger partial charge is 0.396 e. The van der Waals surface area contributed by atoms with Crippen molar-refractivity contribution < 1.29 is 0 Å². The van der Waals surface area contributed by atoms with Gasteiger partial charge in [0.05, 0.1) is 5.69 Å². The summed E-state index contributed by atoms with van der Waals surface area (Å²) >= 11 is 5.86. The third-order valence-corrected chi connectivity index (χ3v) is 3.41. The van der Waals surface area contributed by atoms with Gasteiger partial charge in [0.1, 0.15) is 5.15 Å². The SMILES string of the molecule is CN(CCCNc1nc(Cl)ccc1N)Cc1ccccc1. The molecule has 0 aliphatic rings. The second kappa shape index (κ2) is 7.86. The highest BCUT2D eigenvalue weighted by Crippen LogP contribution is 2.18. The van der Waals surface area contributed by atoms with E-state index in [1.807, 2.05) is 6.07 Å². The molecule has 1 aromatic carbocycles. The highest BCUT2D eigenvalue weighted by Gasteiger charge is 2.03. The second-order valence-electron chi connectivity index (χ2n) is 5.08. The predicted octanol–water partition coefficient (Wildman–Crippen LogP) is 3.25. The average molecular weight is 305 g/mol. The normalized spacial score (nSPS) is 10.8. The quantitative estimate of drug-likeness (QED) is 0.609. The number of aromatic nitrogens is 1. The molecule has 0 amide bonds. The summed E-state index contributed by atoms with van der Waals surface area (Å²) < 4.78 is 0. The van der Waals surface area contributed by atoms with Gasteiger partial charge in [0, 0.05) is 13.1 Å². The summed E-state index contributed by atoms with van der Waals surface area (Å²) in [6.45, 7) is 2.78. The molecule has 0 fully saturated rings. The van der Waals surface area contributed by atoms with E-state index in [9.17, 15) is 0 Å². The Balaban J connectivity index is 1.71. The van der Waals surface area contributed by atoms with Crippen LogP contribution in [0.3, 0.4) is 0 Å². The van der Waals surface area contributed by atoms with Gasteiger partial charge in [0.2, 0.25) is 0 Å². The van der Waals surface area contributed by atoms with Crippen LogP contribution in [0.2, 0.25) is 5.15 Å². The molecule has 2 aromatic rings. The fourth-order valence-corrected chi connectivity index (χ4v) is 2.27. The van der Waals surface area contributed by atoms with E-state index >= 15 is 0 Å². The molecular weight excluding hydrogens is 284 g/mol. The Labute approximate surface area is 130 Å². The molecule has 5 heteroatoms. The molecule has 0 atom stereocenters. The van der Waals surface area contributed by atoms with Crippen LogP contribution < -0.4 is 11.1 Å². The van der Waals surface area contributed by atoms with Gasteiger partial charge in [-0.05, 0) is 37.7 Å². The maximum atomic E-state index is 5.86. The van der Waals surface area contributed by atoms with Crippen molar-refractivity contribution in [3.63, 3.8) is 0 Å². The first-order chi connectivity index (χ1) is 10.1. The van der Waals surface area contributed by atoms with E-state index in [-0.39, 0.29) is 0 Å². The van der Waals surface area contributed by atoms with Crippen molar-refractivity contribution >= 4 is 23.1 Å². The van der Waals surface area contributed by atoms with E-state index < -0.39 is 0 Å². The van der Waals surface area contributed by atoms with Crippen molar-refractivity contribution in [2.24, 2.45) is 0 Å². The minimum absolute atomic E-state index is 0.452. The molecule has 0 aliphatic carbocycles. The number of rotatable bonds is 7. The number of nitrogens with one attached hydrogen (secondary N) is 1. The van der Waals surface area contributed by atoms with Crippen LogP contribution in [0.1, 0.15) is 12.0 Å². The first-order valence-electron chi connectivity index (χ1n) is 7.03. The minimum atomic E-state index is 0.452. The van der Waals surface area contributed by atoms with Crippen LogP contribution in [-0.2, 0) is 6.54 Å². The molecular formula is C16H21ClN4. The second-order valence-corrected chi connectivity index (χ2v) is 5.46. The summed E-state index contributed by atoms with van der Waals surface area (Å²) in [4.78, 5) is 6.47. The Bertz CT molecular complexity index is 559. The van der Waals surface area contributed by atoms with E-state index in [0.29, 0.717) is 16.7 Å². The number of anilines is 2. The third kappa shape index (κ3) is 5.25. The van der Waals surface area contributed by atoms with Crippen molar-refractivity contribution in [3.8, 4) is 0 Å². The van der Waals surface area contributed by atoms with Crippen LogP contribution in [0.5, 0.6) is 0 Å². The summed E-state index contributed by atoms with van der Waals surface area (Å²) in [7, 11) is 2.12. The van der Waals surface area contributed by atoms with Crippen molar-refractivity contribution in [1.29, 1.82) is 0 Å². The van der Waals surface area contributed by atoms with Crippen LogP contribution >= 0.6 is 11.6 Å². The number of pyridine rings is 1. The molecule has 2 rings (SSSR count). The van der Waals surface area contributed by atoms with Crippen LogP contribution in [0.4, 0.5) is 11.5 Å². The number of hydrogen-bond donors (Lipinski definition) is 2.